The number of aromatic nitrogens is 2. The lowest BCUT2D eigenvalue weighted by atomic mass is 10.1. The van der Waals surface area contributed by atoms with E-state index < -0.39 is 9.84 Å². The molecule has 0 unspecified atom stereocenters. The molecule has 7 nitrogen and oxygen atoms in total. The van der Waals surface area contributed by atoms with Gasteiger partial charge in [0.15, 0.2) is 9.84 Å². The average molecular weight is 342 g/mol. The minimum Gasteiger partial charge on any atom is -0.355 e. The second kappa shape index (κ2) is 7.44. The van der Waals surface area contributed by atoms with Crippen molar-refractivity contribution in [1.29, 1.82) is 0 Å². The molecular weight excluding hydrogens is 316 g/mol. The molecule has 0 saturated carbocycles. The molecule has 8 heteroatoms. The van der Waals surface area contributed by atoms with E-state index in [0.29, 0.717) is 13.0 Å². The lowest BCUT2D eigenvalue weighted by Crippen LogP contribution is -2.41. The van der Waals surface area contributed by atoms with Crippen LogP contribution in [0.1, 0.15) is 29.8 Å². The third-order valence-corrected chi connectivity index (χ3v) is 6.18. The Bertz CT molecular complexity index is 634. The molecule has 2 heterocycles. The molecule has 1 aromatic rings. The molecule has 1 atom stereocenters. The van der Waals surface area contributed by atoms with Gasteiger partial charge in [-0.2, -0.15) is 5.10 Å². The predicted octanol–water partition coefficient (Wildman–Crippen LogP) is 0.194. The quantitative estimate of drug-likeness (QED) is 0.690. The number of aryl methyl sites for hydroxylation is 2. The number of nitrogens with zero attached hydrogens (tertiary/aromatic N) is 2. The molecule has 1 fully saturated rings. The van der Waals surface area contributed by atoms with Gasteiger partial charge < -0.3 is 5.32 Å². The van der Waals surface area contributed by atoms with Crippen molar-refractivity contribution < 1.29 is 13.2 Å². The summed E-state index contributed by atoms with van der Waals surface area (Å²) < 4.78 is 22.9. The number of hydrogen-bond acceptors (Lipinski definition) is 5. The van der Waals surface area contributed by atoms with Crippen LogP contribution in [0.5, 0.6) is 0 Å². The zero-order valence-corrected chi connectivity index (χ0v) is 14.9. The molecule has 0 radical (unpaired) electrons. The Morgan fingerprint density at radius 2 is 2.17 bits per heavy atom. The summed E-state index contributed by atoms with van der Waals surface area (Å²) in [6.07, 6.45) is 2.35. The molecule has 23 heavy (non-hydrogen) atoms. The smallest absolute Gasteiger partial charge is 0.234 e. The zero-order chi connectivity index (χ0) is 17.0. The molecule has 0 spiro atoms. The van der Waals surface area contributed by atoms with Crippen LogP contribution < -0.4 is 5.32 Å². The van der Waals surface area contributed by atoms with Crippen molar-refractivity contribution in [2.75, 3.05) is 31.6 Å². The van der Waals surface area contributed by atoms with Crippen molar-refractivity contribution >= 4 is 15.7 Å². The molecular formula is C15H26N4O3S. The number of nitrogens with one attached hydrogen (secondary N) is 2. The summed E-state index contributed by atoms with van der Waals surface area (Å²) in [6.45, 7) is 4.82. The van der Waals surface area contributed by atoms with Crippen molar-refractivity contribution in [3.63, 3.8) is 0 Å². The van der Waals surface area contributed by atoms with Gasteiger partial charge in [0.05, 0.1) is 23.7 Å². The average Bonchev–Trinajstić information content (AvgIpc) is 2.99. The topological polar surface area (TPSA) is 95.2 Å². The van der Waals surface area contributed by atoms with Crippen LogP contribution in [0.4, 0.5) is 0 Å². The molecule has 0 aliphatic carbocycles. The first kappa shape index (κ1) is 17.9. The molecule has 1 aliphatic heterocycles. The number of hydrogen-bond donors (Lipinski definition) is 2. The van der Waals surface area contributed by atoms with Gasteiger partial charge in [0.1, 0.15) is 0 Å². The Labute approximate surface area is 137 Å². The maximum Gasteiger partial charge on any atom is 0.234 e. The molecule has 130 valence electrons. The summed E-state index contributed by atoms with van der Waals surface area (Å²) in [7, 11) is -1.10. The monoisotopic (exact) mass is 342 g/mol. The summed E-state index contributed by atoms with van der Waals surface area (Å²) in [6, 6.07) is -0.0398. The first-order chi connectivity index (χ1) is 10.8. The van der Waals surface area contributed by atoms with Crippen molar-refractivity contribution in [3.05, 3.63) is 17.0 Å². The Morgan fingerprint density at radius 3 is 2.74 bits per heavy atom. The van der Waals surface area contributed by atoms with Crippen molar-refractivity contribution in [2.24, 2.45) is 0 Å². The second-order valence-corrected chi connectivity index (χ2v) is 8.57. The van der Waals surface area contributed by atoms with Gasteiger partial charge in [-0.05, 0) is 45.7 Å². The van der Waals surface area contributed by atoms with Gasteiger partial charge in [-0.15, -0.1) is 0 Å². The summed E-state index contributed by atoms with van der Waals surface area (Å²) in [5.74, 6) is 0.334. The number of carbonyl (C=O) groups excluding carboxylic acids is 1. The minimum absolute atomic E-state index is 0.0398. The Hall–Kier alpha value is -1.41. The molecule has 1 aromatic heterocycles. The Morgan fingerprint density at radius 1 is 1.43 bits per heavy atom. The third-order valence-electron chi connectivity index (χ3n) is 4.43. The number of carbonyl (C=O) groups is 1. The number of sulfone groups is 1. The molecule has 1 aliphatic rings. The van der Waals surface area contributed by atoms with Gasteiger partial charge in [0.2, 0.25) is 5.91 Å². The van der Waals surface area contributed by atoms with Crippen LogP contribution in [0.25, 0.3) is 0 Å². The maximum absolute atomic E-state index is 11.9. The highest BCUT2D eigenvalue weighted by Crippen LogP contribution is 2.16. The number of aromatic amines is 1. The fourth-order valence-corrected chi connectivity index (χ4v) is 4.78. The normalized spacial score (nSPS) is 20.1. The zero-order valence-electron chi connectivity index (χ0n) is 14.1. The Balaban J connectivity index is 1.67. The lowest BCUT2D eigenvalue weighted by molar-refractivity contribution is -0.122. The van der Waals surface area contributed by atoms with Gasteiger partial charge in [0, 0.05) is 18.3 Å². The van der Waals surface area contributed by atoms with Crippen LogP contribution in [-0.4, -0.2) is 67.1 Å². The molecule has 1 saturated heterocycles. The molecule has 0 aromatic carbocycles. The molecule has 0 bridgehead atoms. The predicted molar refractivity (Wildman–Crippen MR) is 89.1 cm³/mol. The van der Waals surface area contributed by atoms with E-state index in [0.717, 1.165) is 24.2 Å². The van der Waals surface area contributed by atoms with E-state index in [1.807, 2.05) is 25.8 Å². The Kier molecular flexibility index (Phi) is 5.80. The maximum atomic E-state index is 11.9. The minimum atomic E-state index is -2.91. The van der Waals surface area contributed by atoms with Crippen LogP contribution in [0, 0.1) is 13.8 Å². The van der Waals surface area contributed by atoms with E-state index in [1.54, 1.807) is 0 Å². The lowest BCUT2D eigenvalue weighted by Gasteiger charge is -2.22. The summed E-state index contributed by atoms with van der Waals surface area (Å²) >= 11 is 0. The third kappa shape index (κ3) is 5.04. The van der Waals surface area contributed by atoms with Crippen molar-refractivity contribution in [2.45, 2.75) is 39.2 Å². The van der Waals surface area contributed by atoms with E-state index >= 15 is 0 Å². The first-order valence-electron chi connectivity index (χ1n) is 7.96. The second-order valence-electron chi connectivity index (χ2n) is 6.34. The van der Waals surface area contributed by atoms with Crippen LogP contribution in [-0.2, 0) is 21.1 Å². The van der Waals surface area contributed by atoms with Gasteiger partial charge in [-0.3, -0.25) is 14.8 Å². The van der Waals surface area contributed by atoms with E-state index in [1.165, 1.54) is 5.56 Å². The van der Waals surface area contributed by atoms with Gasteiger partial charge in [0.25, 0.3) is 0 Å². The SMILES string of the molecule is Cc1n[nH]c(C)c1CCCNC(=O)CN(C)[C@H]1CCS(=O)(=O)C1. The summed E-state index contributed by atoms with van der Waals surface area (Å²) in [4.78, 5) is 13.8. The highest BCUT2D eigenvalue weighted by Gasteiger charge is 2.31. The van der Waals surface area contributed by atoms with Gasteiger partial charge in [-0.25, -0.2) is 8.42 Å². The van der Waals surface area contributed by atoms with E-state index in [-0.39, 0.29) is 30.0 Å². The largest absolute Gasteiger partial charge is 0.355 e. The molecule has 2 N–H and O–H groups in total. The summed E-state index contributed by atoms with van der Waals surface area (Å²) in [5.41, 5.74) is 3.31. The van der Waals surface area contributed by atoms with E-state index in [4.69, 9.17) is 0 Å². The number of amides is 1. The van der Waals surface area contributed by atoms with Gasteiger partial charge >= 0.3 is 0 Å². The highest BCUT2D eigenvalue weighted by atomic mass is 32.2. The van der Waals surface area contributed by atoms with Crippen molar-refractivity contribution in [1.82, 2.24) is 20.4 Å². The van der Waals surface area contributed by atoms with Crippen LogP contribution in [0.2, 0.25) is 0 Å². The number of likely N-dealkylation sites (N-methyl/N-ethyl adjacent to an activating group) is 1. The number of rotatable bonds is 7. The molecule has 1 amide bonds. The van der Waals surface area contributed by atoms with Crippen LogP contribution >= 0.6 is 0 Å². The van der Waals surface area contributed by atoms with Crippen molar-refractivity contribution in [3.8, 4) is 0 Å². The number of H-pyrrole nitrogens is 1. The summed E-state index contributed by atoms with van der Waals surface area (Å²) in [5, 5.41) is 10.0. The first-order valence-corrected chi connectivity index (χ1v) is 9.78. The fourth-order valence-electron chi connectivity index (χ4n) is 2.97. The van der Waals surface area contributed by atoms with E-state index in [9.17, 15) is 13.2 Å². The van der Waals surface area contributed by atoms with Crippen LogP contribution in [0.3, 0.4) is 0 Å². The standard InChI is InChI=1S/C15H26N4O3S/c1-11-14(12(2)18-17-11)5-4-7-16-15(20)9-19(3)13-6-8-23(21,22)10-13/h13H,4-10H2,1-3H3,(H,16,20)(H,17,18)/t13-/m0/s1. The van der Waals surface area contributed by atoms with Crippen LogP contribution in [0.15, 0.2) is 0 Å². The highest BCUT2D eigenvalue weighted by molar-refractivity contribution is 7.91. The van der Waals surface area contributed by atoms with E-state index in [2.05, 4.69) is 15.5 Å². The van der Waals surface area contributed by atoms with Gasteiger partial charge in [-0.1, -0.05) is 0 Å². The molecule has 2 rings (SSSR count). The fraction of sp³-hybridized carbons (Fsp3) is 0.733.